The van der Waals surface area contributed by atoms with E-state index in [-0.39, 0.29) is 5.54 Å². The van der Waals surface area contributed by atoms with Crippen LogP contribution in [0.4, 0.5) is 0 Å². The number of aromatic nitrogens is 2. The lowest BCUT2D eigenvalue weighted by molar-refractivity contribution is -0.677. The molecule has 2 aromatic rings. The molecule has 0 aliphatic heterocycles. The van der Waals surface area contributed by atoms with E-state index in [9.17, 15) is 5.11 Å². The summed E-state index contributed by atoms with van der Waals surface area (Å²) in [6, 6.07) is 7.81. The quantitative estimate of drug-likeness (QED) is 0.842. The van der Waals surface area contributed by atoms with Crippen molar-refractivity contribution in [2.45, 2.75) is 46.2 Å². The molecule has 1 N–H and O–H groups in total. The molecule has 0 spiro atoms. The van der Waals surface area contributed by atoms with E-state index >= 15 is 0 Å². The van der Waals surface area contributed by atoms with Gasteiger partial charge in [0.1, 0.15) is 0 Å². The van der Waals surface area contributed by atoms with Crippen LogP contribution in [0.3, 0.4) is 0 Å². The minimum Gasteiger partial charge on any atom is -0.539 e. The van der Waals surface area contributed by atoms with E-state index in [1.807, 2.05) is 31.2 Å². The van der Waals surface area contributed by atoms with Crippen LogP contribution in [0.2, 0.25) is 0 Å². The summed E-state index contributed by atoms with van der Waals surface area (Å²) >= 11 is 0. The van der Waals surface area contributed by atoms with E-state index < -0.39 is 5.95 Å². The van der Waals surface area contributed by atoms with Gasteiger partial charge in [-0.3, -0.25) is 0 Å². The van der Waals surface area contributed by atoms with Gasteiger partial charge in [0.25, 0.3) is 5.69 Å². The smallest absolute Gasteiger partial charge is 0.253 e. The second-order valence-corrected chi connectivity index (χ2v) is 5.65. The molecule has 2 rings (SSSR count). The molecular formula is C15H21N3O2. The third kappa shape index (κ3) is 3.17. The second-order valence-electron chi connectivity index (χ2n) is 5.65. The lowest BCUT2D eigenvalue weighted by atomic mass is 10.0. The molecule has 0 saturated carbocycles. The van der Waals surface area contributed by atoms with Crippen molar-refractivity contribution in [1.29, 1.82) is 0 Å². The fourth-order valence-corrected chi connectivity index (χ4v) is 1.75. The molecule has 0 aliphatic rings. The Labute approximate surface area is 119 Å². The van der Waals surface area contributed by atoms with Crippen molar-refractivity contribution in [3.8, 4) is 11.6 Å². The SMILES string of the molecule is CCC(C)(C)NCc1c([O-])on[n+]1-c1ccc(C)cc1. The van der Waals surface area contributed by atoms with Crippen LogP contribution < -0.4 is 15.1 Å². The summed E-state index contributed by atoms with van der Waals surface area (Å²) in [5.41, 5.74) is 2.46. The molecule has 5 heteroatoms. The molecule has 0 unspecified atom stereocenters. The van der Waals surface area contributed by atoms with Gasteiger partial charge in [0.15, 0.2) is 5.95 Å². The lowest BCUT2D eigenvalue weighted by Crippen LogP contribution is -2.44. The Bertz CT molecular complexity index is 573. The number of benzene rings is 1. The van der Waals surface area contributed by atoms with E-state index in [2.05, 4.69) is 31.4 Å². The molecule has 20 heavy (non-hydrogen) atoms. The number of nitrogens with zero attached hydrogens (tertiary/aromatic N) is 2. The molecule has 0 fully saturated rings. The summed E-state index contributed by atoms with van der Waals surface area (Å²) in [7, 11) is 0. The number of hydrogen-bond donors (Lipinski definition) is 1. The van der Waals surface area contributed by atoms with Crippen LogP contribution >= 0.6 is 0 Å². The lowest BCUT2D eigenvalue weighted by Gasteiger charge is -2.23. The highest BCUT2D eigenvalue weighted by atomic mass is 16.6. The molecule has 1 aromatic carbocycles. The maximum Gasteiger partial charge on any atom is 0.253 e. The Morgan fingerprint density at radius 3 is 2.55 bits per heavy atom. The average Bonchev–Trinajstić information content (AvgIpc) is 2.79. The monoisotopic (exact) mass is 275 g/mol. The zero-order chi connectivity index (χ0) is 14.8. The van der Waals surface area contributed by atoms with Gasteiger partial charge in [-0.15, -0.1) is 0 Å². The van der Waals surface area contributed by atoms with Crippen LogP contribution in [-0.2, 0) is 6.54 Å². The van der Waals surface area contributed by atoms with Crippen molar-refractivity contribution < 1.29 is 14.3 Å². The van der Waals surface area contributed by atoms with Crippen LogP contribution in [-0.4, -0.2) is 10.8 Å². The predicted molar refractivity (Wildman–Crippen MR) is 73.4 cm³/mol. The van der Waals surface area contributed by atoms with Crippen LogP contribution in [0.1, 0.15) is 38.4 Å². The van der Waals surface area contributed by atoms with Crippen molar-refractivity contribution in [2.75, 3.05) is 0 Å². The summed E-state index contributed by atoms with van der Waals surface area (Å²) in [5, 5.41) is 19.0. The van der Waals surface area contributed by atoms with Gasteiger partial charge in [-0.25, -0.2) is 0 Å². The average molecular weight is 275 g/mol. The highest BCUT2D eigenvalue weighted by molar-refractivity contribution is 5.27. The van der Waals surface area contributed by atoms with Gasteiger partial charge >= 0.3 is 0 Å². The first-order valence-electron chi connectivity index (χ1n) is 6.83. The normalized spacial score (nSPS) is 11.8. The van der Waals surface area contributed by atoms with Gasteiger partial charge in [0, 0.05) is 17.7 Å². The summed E-state index contributed by atoms with van der Waals surface area (Å²) in [6.45, 7) is 8.74. The van der Waals surface area contributed by atoms with Crippen LogP contribution in [0.15, 0.2) is 28.8 Å². The molecule has 0 bridgehead atoms. The molecule has 0 atom stereocenters. The number of hydrogen-bond acceptors (Lipinski definition) is 4. The van der Waals surface area contributed by atoms with Gasteiger partial charge in [0.2, 0.25) is 5.69 Å². The van der Waals surface area contributed by atoms with Gasteiger partial charge in [-0.05, 0) is 31.9 Å². The Morgan fingerprint density at radius 1 is 1.30 bits per heavy atom. The van der Waals surface area contributed by atoms with Crippen LogP contribution in [0, 0.1) is 6.92 Å². The Morgan fingerprint density at radius 2 is 1.95 bits per heavy atom. The van der Waals surface area contributed by atoms with Crippen molar-refractivity contribution in [1.82, 2.24) is 10.6 Å². The van der Waals surface area contributed by atoms with Crippen LogP contribution in [0.5, 0.6) is 5.95 Å². The molecule has 108 valence electrons. The maximum absolute atomic E-state index is 11.8. The van der Waals surface area contributed by atoms with Crippen molar-refractivity contribution in [2.24, 2.45) is 0 Å². The zero-order valence-electron chi connectivity index (χ0n) is 12.4. The van der Waals surface area contributed by atoms with Gasteiger partial charge in [-0.1, -0.05) is 24.6 Å². The second kappa shape index (κ2) is 5.63. The first kappa shape index (κ1) is 14.5. The standard InChI is InChI=1S/C15H21N3O2/c1-5-15(3,4)16-10-13-14(19)20-17-18(13)12-8-6-11(2)7-9-12/h6-9,16H,5,10H2,1-4H3. The summed E-state index contributed by atoms with van der Waals surface area (Å²) in [6.07, 6.45) is 0.969. The molecule has 1 aromatic heterocycles. The first-order valence-corrected chi connectivity index (χ1v) is 6.83. The van der Waals surface area contributed by atoms with Crippen molar-refractivity contribution >= 4 is 0 Å². The van der Waals surface area contributed by atoms with Gasteiger partial charge in [0.05, 0.1) is 11.8 Å². The van der Waals surface area contributed by atoms with Gasteiger partial charge < -0.3 is 14.9 Å². The highest BCUT2D eigenvalue weighted by Crippen LogP contribution is 2.14. The molecular weight excluding hydrogens is 254 g/mol. The molecule has 0 radical (unpaired) electrons. The molecule has 5 nitrogen and oxygen atoms in total. The fourth-order valence-electron chi connectivity index (χ4n) is 1.75. The molecule has 0 saturated heterocycles. The minimum absolute atomic E-state index is 0.0329. The Kier molecular flexibility index (Phi) is 4.09. The first-order chi connectivity index (χ1) is 9.43. The third-order valence-corrected chi connectivity index (χ3v) is 3.59. The van der Waals surface area contributed by atoms with Crippen LogP contribution in [0.25, 0.3) is 5.69 Å². The predicted octanol–water partition coefficient (Wildman–Crippen LogP) is 1.61. The van der Waals surface area contributed by atoms with E-state index in [4.69, 9.17) is 4.52 Å². The van der Waals surface area contributed by atoms with Crippen molar-refractivity contribution in [3.05, 3.63) is 35.5 Å². The van der Waals surface area contributed by atoms with Gasteiger partial charge in [-0.2, -0.15) is 0 Å². The number of aryl methyl sites for hydroxylation is 1. The molecule has 0 aliphatic carbocycles. The van der Waals surface area contributed by atoms with E-state index in [0.29, 0.717) is 12.2 Å². The third-order valence-electron chi connectivity index (χ3n) is 3.59. The topological polar surface area (TPSA) is 65.0 Å². The fraction of sp³-hybridized carbons (Fsp3) is 0.467. The highest BCUT2D eigenvalue weighted by Gasteiger charge is 2.23. The zero-order valence-corrected chi connectivity index (χ0v) is 12.4. The van der Waals surface area contributed by atoms with E-state index in [0.717, 1.165) is 17.7 Å². The molecule has 0 amide bonds. The number of rotatable bonds is 5. The summed E-state index contributed by atoms with van der Waals surface area (Å²) in [5.74, 6) is -0.398. The van der Waals surface area contributed by atoms with Crippen molar-refractivity contribution in [3.63, 3.8) is 0 Å². The molecule has 1 heterocycles. The Balaban J connectivity index is 2.26. The Hall–Kier alpha value is -1.88. The minimum atomic E-state index is -0.398. The van der Waals surface area contributed by atoms with E-state index in [1.54, 1.807) is 4.68 Å². The maximum atomic E-state index is 11.8. The van der Waals surface area contributed by atoms with E-state index in [1.165, 1.54) is 0 Å². The summed E-state index contributed by atoms with van der Waals surface area (Å²) in [4.78, 5) is 0. The largest absolute Gasteiger partial charge is 0.539 e. The summed E-state index contributed by atoms with van der Waals surface area (Å²) < 4.78 is 6.35. The number of nitrogens with one attached hydrogen (secondary N) is 1.